The monoisotopic (exact) mass is 628 g/mol. The van der Waals surface area contributed by atoms with Crippen LogP contribution in [0.5, 0.6) is 0 Å². The van der Waals surface area contributed by atoms with Crippen LogP contribution in [0.25, 0.3) is 5.57 Å². The first-order valence-corrected chi connectivity index (χ1v) is 15.5. The third-order valence-corrected chi connectivity index (χ3v) is 9.99. The molecule has 0 bridgehead atoms. The molecule has 0 saturated heterocycles. The molecule has 4 atom stereocenters. The van der Waals surface area contributed by atoms with E-state index in [1.54, 1.807) is 0 Å². The maximum Gasteiger partial charge on any atom is 0.321 e. The predicted molar refractivity (Wildman–Crippen MR) is 172 cm³/mol. The van der Waals surface area contributed by atoms with E-state index in [0.29, 0.717) is 58.6 Å². The van der Waals surface area contributed by atoms with Gasteiger partial charge >= 0.3 is 11.9 Å². The fourth-order valence-electron chi connectivity index (χ4n) is 7.36. The summed E-state index contributed by atoms with van der Waals surface area (Å²) in [5.41, 5.74) is 8.62. The number of carboxylic acids is 1. The van der Waals surface area contributed by atoms with Crippen LogP contribution in [0.4, 0.5) is 0 Å². The standard InChI is InChI=1S/C35H40N4O7/c1-8-19-15(3)26(14-40)36-25(19)13-24-18(6)28-32(38-24)29(30(33(28)43)35(45)46-7)31-21(10-11-27(41)42)17(5)22(37-31)12-23-16(4)20(9-2)34(44)39-23/h9,14,17,21,23,30,36,38H,2,8,10-13H2,1,3-7H3,(H,39,44)(H,41,42)/b31-29-/t17-,21-,23+,30+/m0/s1. The van der Waals surface area contributed by atoms with Gasteiger partial charge in [0, 0.05) is 64.9 Å². The summed E-state index contributed by atoms with van der Waals surface area (Å²) in [5.74, 6) is -4.15. The number of carbonyl (C=O) groups excluding carboxylic acids is 4. The van der Waals surface area contributed by atoms with Crippen molar-refractivity contribution in [2.75, 3.05) is 7.11 Å². The molecule has 0 aromatic carbocycles. The van der Waals surface area contributed by atoms with Gasteiger partial charge in [-0.15, -0.1) is 0 Å². The van der Waals surface area contributed by atoms with Gasteiger partial charge in [0.2, 0.25) is 0 Å². The van der Waals surface area contributed by atoms with Gasteiger partial charge < -0.3 is 25.1 Å². The molecule has 3 aliphatic rings. The number of carbonyl (C=O) groups is 5. The van der Waals surface area contributed by atoms with E-state index >= 15 is 0 Å². The summed E-state index contributed by atoms with van der Waals surface area (Å²) in [6, 6.07) is -0.309. The topological polar surface area (TPSA) is 171 Å². The molecule has 0 saturated carbocycles. The van der Waals surface area contributed by atoms with E-state index in [-0.39, 0.29) is 30.7 Å². The Morgan fingerprint density at radius 2 is 1.83 bits per heavy atom. The van der Waals surface area contributed by atoms with E-state index in [4.69, 9.17) is 9.73 Å². The molecule has 4 N–H and O–H groups in total. The average molecular weight is 629 g/mol. The van der Waals surface area contributed by atoms with Crippen LogP contribution >= 0.6 is 0 Å². The molecule has 4 heterocycles. The molecule has 0 unspecified atom stereocenters. The first-order chi connectivity index (χ1) is 21.9. The number of aromatic nitrogens is 2. The average Bonchev–Trinajstić information content (AvgIpc) is 3.76. The summed E-state index contributed by atoms with van der Waals surface area (Å²) in [7, 11) is 1.23. The van der Waals surface area contributed by atoms with Gasteiger partial charge in [0.1, 0.15) is 5.92 Å². The van der Waals surface area contributed by atoms with Crippen molar-refractivity contribution in [3.8, 4) is 0 Å². The number of aromatic amines is 2. The highest BCUT2D eigenvalue weighted by Crippen LogP contribution is 2.48. The van der Waals surface area contributed by atoms with E-state index in [9.17, 15) is 29.1 Å². The summed E-state index contributed by atoms with van der Waals surface area (Å²) >= 11 is 0. The van der Waals surface area contributed by atoms with Crippen molar-refractivity contribution in [1.29, 1.82) is 0 Å². The molecule has 0 radical (unpaired) electrons. The van der Waals surface area contributed by atoms with Gasteiger partial charge in [-0.25, -0.2) is 0 Å². The zero-order chi connectivity index (χ0) is 33.6. The summed E-state index contributed by atoms with van der Waals surface area (Å²) in [4.78, 5) is 74.8. The first kappa shape index (κ1) is 32.6. The smallest absolute Gasteiger partial charge is 0.321 e. The molecule has 46 heavy (non-hydrogen) atoms. The van der Waals surface area contributed by atoms with E-state index in [2.05, 4.69) is 21.9 Å². The number of allylic oxidation sites excluding steroid dienone is 1. The molecule has 2 aliphatic heterocycles. The number of hydrogen-bond donors (Lipinski definition) is 4. The molecule has 0 spiro atoms. The van der Waals surface area contributed by atoms with Crippen LogP contribution in [0, 0.1) is 31.6 Å². The second kappa shape index (κ2) is 12.5. The summed E-state index contributed by atoms with van der Waals surface area (Å²) < 4.78 is 5.11. The van der Waals surface area contributed by atoms with Crippen LogP contribution in [-0.4, -0.2) is 63.9 Å². The lowest BCUT2D eigenvalue weighted by Crippen LogP contribution is -2.32. The number of ketones is 1. The Labute approximate surface area is 267 Å². The Kier molecular flexibility index (Phi) is 8.88. The molecular formula is C35H40N4O7. The minimum absolute atomic E-state index is 0.127. The molecular weight excluding hydrogens is 588 g/mol. The normalized spacial score (nSPS) is 23.9. The lowest BCUT2D eigenvalue weighted by atomic mass is 9.82. The van der Waals surface area contributed by atoms with Crippen LogP contribution < -0.4 is 5.32 Å². The fraction of sp³-hybridized carbons (Fsp3) is 0.429. The largest absolute Gasteiger partial charge is 0.481 e. The number of amides is 1. The maximum atomic E-state index is 14.0. The van der Waals surface area contributed by atoms with Gasteiger partial charge in [0.25, 0.3) is 5.91 Å². The number of aldehydes is 1. The first-order valence-electron chi connectivity index (χ1n) is 15.5. The van der Waals surface area contributed by atoms with Crippen LogP contribution in [0.3, 0.4) is 0 Å². The molecule has 242 valence electrons. The number of rotatable bonds is 11. The molecule has 2 aromatic heterocycles. The van der Waals surface area contributed by atoms with E-state index in [1.807, 2.05) is 34.6 Å². The van der Waals surface area contributed by atoms with Gasteiger partial charge in [-0.3, -0.25) is 29.0 Å². The number of aliphatic carboxylic acids is 1. The van der Waals surface area contributed by atoms with Gasteiger partial charge in [0.05, 0.1) is 30.2 Å². The molecule has 5 rings (SSSR count). The van der Waals surface area contributed by atoms with Crippen molar-refractivity contribution in [1.82, 2.24) is 15.3 Å². The second-order valence-electron chi connectivity index (χ2n) is 12.3. The van der Waals surface area contributed by atoms with Crippen LogP contribution in [0.1, 0.15) is 94.7 Å². The SMILES string of the molecule is C=CC1=C(C)[C@@H](CC2=N/C(=C3\c4[nH]c(Cc5[nH]c(C=O)c(C)c5CC)c(C)c4C(=O)[C@@H]3C(=O)OC)[C@@H](CCC(=O)O)[C@@H]2C)NC1=O. The number of carboxylic acid groups (broad SMARTS) is 1. The van der Waals surface area contributed by atoms with Crippen molar-refractivity contribution < 1.29 is 33.8 Å². The number of H-pyrrole nitrogens is 2. The highest BCUT2D eigenvalue weighted by molar-refractivity contribution is 6.24. The lowest BCUT2D eigenvalue weighted by Gasteiger charge is -2.21. The molecule has 11 nitrogen and oxygen atoms in total. The number of nitrogens with one attached hydrogen (secondary N) is 3. The van der Waals surface area contributed by atoms with Gasteiger partial charge in [-0.05, 0) is 55.9 Å². The van der Waals surface area contributed by atoms with Gasteiger partial charge in [-0.2, -0.15) is 0 Å². The zero-order valence-corrected chi connectivity index (χ0v) is 27.1. The molecule has 2 aromatic rings. The zero-order valence-electron chi connectivity index (χ0n) is 27.1. The van der Waals surface area contributed by atoms with Crippen molar-refractivity contribution in [2.24, 2.45) is 22.7 Å². The van der Waals surface area contributed by atoms with E-state index in [1.165, 1.54) is 13.2 Å². The van der Waals surface area contributed by atoms with Crippen LogP contribution in [0.15, 0.2) is 34.5 Å². The van der Waals surface area contributed by atoms with E-state index in [0.717, 1.165) is 40.1 Å². The van der Waals surface area contributed by atoms with Gasteiger partial charge in [0.15, 0.2) is 12.1 Å². The number of aliphatic imine (C=N–C) groups is 1. The molecule has 1 aliphatic carbocycles. The number of Topliss-reactive ketones (excluding diaryl/α,β-unsaturated/α-hetero) is 1. The molecule has 0 fully saturated rings. The fourth-order valence-corrected chi connectivity index (χ4v) is 7.36. The van der Waals surface area contributed by atoms with Crippen molar-refractivity contribution in [2.45, 2.75) is 72.8 Å². The molecule has 11 heteroatoms. The number of fused-ring (bicyclic) bond motifs is 1. The quantitative estimate of drug-likeness (QED) is 0.160. The lowest BCUT2D eigenvalue weighted by molar-refractivity contribution is -0.142. The van der Waals surface area contributed by atoms with Crippen LogP contribution in [-0.2, 0) is 32.0 Å². The summed E-state index contributed by atoms with van der Waals surface area (Å²) in [6.45, 7) is 13.3. The van der Waals surface area contributed by atoms with Crippen molar-refractivity contribution in [3.63, 3.8) is 0 Å². The summed E-state index contributed by atoms with van der Waals surface area (Å²) in [6.07, 6.45) is 3.96. The Bertz CT molecular complexity index is 1780. The van der Waals surface area contributed by atoms with Crippen molar-refractivity contribution >= 4 is 41.2 Å². The Balaban J connectivity index is 1.66. The number of hydrogen-bond acceptors (Lipinski definition) is 7. The third kappa shape index (κ3) is 5.27. The van der Waals surface area contributed by atoms with Crippen molar-refractivity contribution in [3.05, 3.63) is 74.5 Å². The maximum absolute atomic E-state index is 14.0. The molecule has 1 amide bonds. The highest BCUT2D eigenvalue weighted by atomic mass is 16.5. The number of ether oxygens (including phenoxy) is 1. The number of nitrogens with zero attached hydrogens (tertiary/aromatic N) is 1. The minimum Gasteiger partial charge on any atom is -0.481 e. The number of methoxy groups -OCH3 is 1. The minimum atomic E-state index is -1.25. The summed E-state index contributed by atoms with van der Waals surface area (Å²) in [5, 5.41) is 12.6. The predicted octanol–water partition coefficient (Wildman–Crippen LogP) is 4.58. The number of esters is 1. The van der Waals surface area contributed by atoms with E-state index < -0.39 is 29.6 Å². The Morgan fingerprint density at radius 3 is 2.41 bits per heavy atom. The second-order valence-corrected chi connectivity index (χ2v) is 12.3. The van der Waals surface area contributed by atoms with Gasteiger partial charge in [-0.1, -0.05) is 26.5 Å². The Morgan fingerprint density at radius 1 is 1.11 bits per heavy atom. The highest BCUT2D eigenvalue weighted by Gasteiger charge is 2.48. The Hall–Kier alpha value is -4.80. The third-order valence-electron chi connectivity index (χ3n) is 9.99. The van der Waals surface area contributed by atoms with Crippen LogP contribution in [0.2, 0.25) is 0 Å².